The van der Waals surface area contributed by atoms with Gasteiger partial charge in [0.1, 0.15) is 5.76 Å². The van der Waals surface area contributed by atoms with Crippen LogP contribution in [0.3, 0.4) is 0 Å². The van der Waals surface area contributed by atoms with E-state index in [1.165, 1.54) is 6.08 Å². The summed E-state index contributed by atoms with van der Waals surface area (Å²) in [7, 11) is 0. The minimum absolute atomic E-state index is 0.147. The molecule has 3 heteroatoms. The number of hydrogen-bond acceptors (Lipinski definition) is 1. The van der Waals surface area contributed by atoms with Crippen molar-refractivity contribution in [1.82, 2.24) is 0 Å². The second kappa shape index (κ2) is 2.48. The van der Waals surface area contributed by atoms with Gasteiger partial charge in [0, 0.05) is 11.5 Å². The molecule has 0 aromatic rings. The van der Waals surface area contributed by atoms with Crippen molar-refractivity contribution in [2.24, 2.45) is 0 Å². The molecule has 1 rings (SSSR count). The molecule has 0 heterocycles. The molecule has 0 aliphatic heterocycles. The van der Waals surface area contributed by atoms with Crippen molar-refractivity contribution in [3.8, 4) is 0 Å². The first-order valence-electron chi connectivity index (χ1n) is 2.96. The molecule has 0 fully saturated rings. The van der Waals surface area contributed by atoms with E-state index in [0.717, 1.165) is 0 Å². The molecule has 0 radical (unpaired) electrons. The lowest BCUT2D eigenvalue weighted by Gasteiger charge is -2.20. The molecule has 1 atom stereocenters. The number of hydrogen-bond donors (Lipinski definition) is 1. The number of rotatable bonds is 0. The highest BCUT2D eigenvalue weighted by Gasteiger charge is 2.23. The van der Waals surface area contributed by atoms with Gasteiger partial charge in [-0.1, -0.05) is 11.6 Å². The van der Waals surface area contributed by atoms with E-state index < -0.39 is 4.87 Å². The van der Waals surface area contributed by atoms with E-state index in [9.17, 15) is 0 Å². The van der Waals surface area contributed by atoms with Crippen LogP contribution >= 0.6 is 23.2 Å². The Kier molecular flexibility index (Phi) is 1.97. The highest BCUT2D eigenvalue weighted by atomic mass is 35.5. The number of allylic oxidation sites excluding steroid dienone is 3. The maximum absolute atomic E-state index is 9.03. The van der Waals surface area contributed by atoms with Gasteiger partial charge in [-0.15, -0.1) is 11.6 Å². The molecule has 1 aliphatic rings. The average Bonchev–Trinajstić information content (AvgIpc) is 1.54. The van der Waals surface area contributed by atoms with Crippen molar-refractivity contribution in [2.45, 2.75) is 18.2 Å². The fourth-order valence-electron chi connectivity index (χ4n) is 0.943. The zero-order valence-electron chi connectivity index (χ0n) is 5.56. The Hall–Kier alpha value is -0.140. The summed E-state index contributed by atoms with van der Waals surface area (Å²) >= 11 is 11.6. The van der Waals surface area contributed by atoms with E-state index in [-0.39, 0.29) is 5.76 Å². The smallest absolute Gasteiger partial charge is 0.114 e. The van der Waals surface area contributed by atoms with Crippen molar-refractivity contribution in [1.29, 1.82) is 0 Å². The fraction of sp³-hybridized carbons (Fsp3) is 0.429. The SMILES string of the molecule is CC1(Cl)C=C(O)C=C(Cl)C1. The Balaban J connectivity index is 2.88. The summed E-state index contributed by atoms with van der Waals surface area (Å²) in [6.45, 7) is 1.81. The summed E-state index contributed by atoms with van der Waals surface area (Å²) in [5.41, 5.74) is 0. The number of halogens is 2. The van der Waals surface area contributed by atoms with Crippen LogP contribution in [0.1, 0.15) is 13.3 Å². The first kappa shape index (κ1) is 7.96. The van der Waals surface area contributed by atoms with Gasteiger partial charge in [-0.05, 0) is 19.1 Å². The molecule has 10 heavy (non-hydrogen) atoms. The van der Waals surface area contributed by atoms with E-state index >= 15 is 0 Å². The molecule has 1 nitrogen and oxygen atoms in total. The molecule has 1 unspecified atom stereocenters. The van der Waals surface area contributed by atoms with Crippen LogP contribution < -0.4 is 0 Å². The number of alkyl halides is 1. The molecular weight excluding hydrogens is 171 g/mol. The Bertz CT molecular complexity index is 204. The molecular formula is C7H8Cl2O. The largest absolute Gasteiger partial charge is 0.508 e. The molecule has 0 amide bonds. The lowest BCUT2D eigenvalue weighted by atomic mass is 10.0. The second-order valence-corrected chi connectivity index (χ2v) is 3.96. The van der Waals surface area contributed by atoms with E-state index in [1.807, 2.05) is 0 Å². The van der Waals surface area contributed by atoms with Crippen LogP contribution in [-0.2, 0) is 0 Å². The van der Waals surface area contributed by atoms with Crippen LogP contribution in [0.15, 0.2) is 22.9 Å². The van der Waals surface area contributed by atoms with Gasteiger partial charge in [-0.25, -0.2) is 0 Å². The van der Waals surface area contributed by atoms with Gasteiger partial charge in [-0.3, -0.25) is 0 Å². The van der Waals surface area contributed by atoms with Gasteiger partial charge in [0.25, 0.3) is 0 Å². The molecule has 0 saturated carbocycles. The lowest BCUT2D eigenvalue weighted by molar-refractivity contribution is 0.421. The van der Waals surface area contributed by atoms with Crippen LogP contribution in [0.2, 0.25) is 0 Å². The van der Waals surface area contributed by atoms with Crippen LogP contribution in [0, 0.1) is 0 Å². The minimum atomic E-state index is -0.518. The van der Waals surface area contributed by atoms with E-state index in [4.69, 9.17) is 28.3 Å². The van der Waals surface area contributed by atoms with Crippen LogP contribution in [0.5, 0.6) is 0 Å². The summed E-state index contributed by atoms with van der Waals surface area (Å²) in [6, 6.07) is 0. The molecule has 1 aliphatic carbocycles. The predicted molar refractivity (Wildman–Crippen MR) is 43.5 cm³/mol. The maximum Gasteiger partial charge on any atom is 0.114 e. The van der Waals surface area contributed by atoms with E-state index in [2.05, 4.69) is 0 Å². The van der Waals surface area contributed by atoms with Gasteiger partial charge < -0.3 is 5.11 Å². The van der Waals surface area contributed by atoms with Crippen molar-refractivity contribution in [2.75, 3.05) is 0 Å². The van der Waals surface area contributed by atoms with Gasteiger partial charge in [0.2, 0.25) is 0 Å². The van der Waals surface area contributed by atoms with Crippen LogP contribution in [0.25, 0.3) is 0 Å². The first-order valence-corrected chi connectivity index (χ1v) is 3.72. The van der Waals surface area contributed by atoms with Gasteiger partial charge in [0.05, 0.1) is 4.87 Å². The topological polar surface area (TPSA) is 20.2 Å². The molecule has 0 saturated heterocycles. The number of aliphatic hydroxyl groups is 1. The normalized spacial score (nSPS) is 33.1. The molecule has 0 spiro atoms. The number of aliphatic hydroxyl groups excluding tert-OH is 1. The Morgan fingerprint density at radius 1 is 1.70 bits per heavy atom. The minimum Gasteiger partial charge on any atom is -0.508 e. The first-order chi connectivity index (χ1) is 4.49. The summed E-state index contributed by atoms with van der Waals surface area (Å²) < 4.78 is 0. The van der Waals surface area contributed by atoms with Crippen molar-refractivity contribution >= 4 is 23.2 Å². The standard InChI is InChI=1S/C7H8Cl2O/c1-7(9)3-5(8)2-6(10)4-7/h2,4,10H,3H2,1H3. The average molecular weight is 179 g/mol. The van der Waals surface area contributed by atoms with Crippen molar-refractivity contribution < 1.29 is 5.11 Å². The Morgan fingerprint density at radius 3 is 2.70 bits per heavy atom. The van der Waals surface area contributed by atoms with Gasteiger partial charge in [0.15, 0.2) is 0 Å². The Morgan fingerprint density at radius 2 is 2.30 bits per heavy atom. The van der Waals surface area contributed by atoms with E-state index in [1.54, 1.807) is 13.0 Å². The van der Waals surface area contributed by atoms with Crippen molar-refractivity contribution in [3.63, 3.8) is 0 Å². The molecule has 56 valence electrons. The van der Waals surface area contributed by atoms with Gasteiger partial charge in [-0.2, -0.15) is 0 Å². The third-order valence-corrected chi connectivity index (χ3v) is 1.75. The van der Waals surface area contributed by atoms with Crippen LogP contribution in [-0.4, -0.2) is 9.98 Å². The highest BCUT2D eigenvalue weighted by Crippen LogP contribution is 2.32. The van der Waals surface area contributed by atoms with E-state index in [0.29, 0.717) is 11.5 Å². The lowest BCUT2D eigenvalue weighted by Crippen LogP contribution is -2.16. The summed E-state index contributed by atoms with van der Waals surface area (Å²) in [6.07, 6.45) is 3.67. The zero-order valence-corrected chi connectivity index (χ0v) is 7.08. The molecule has 0 aromatic heterocycles. The monoisotopic (exact) mass is 178 g/mol. The van der Waals surface area contributed by atoms with Crippen LogP contribution in [0.4, 0.5) is 0 Å². The third-order valence-electron chi connectivity index (χ3n) is 1.27. The summed E-state index contributed by atoms with van der Waals surface area (Å²) in [5.74, 6) is 0.147. The Labute approximate surface area is 69.9 Å². The molecule has 0 bridgehead atoms. The molecule has 1 N–H and O–H groups in total. The zero-order chi connectivity index (χ0) is 7.78. The highest BCUT2D eigenvalue weighted by molar-refractivity contribution is 6.32. The van der Waals surface area contributed by atoms with Crippen molar-refractivity contribution in [3.05, 3.63) is 22.9 Å². The summed E-state index contributed by atoms with van der Waals surface area (Å²) in [5, 5.41) is 9.63. The molecule has 0 aromatic carbocycles. The predicted octanol–water partition coefficient (Wildman–Crippen LogP) is 2.95. The summed E-state index contributed by atoms with van der Waals surface area (Å²) in [4.78, 5) is -0.518. The quantitative estimate of drug-likeness (QED) is 0.566. The van der Waals surface area contributed by atoms with Gasteiger partial charge >= 0.3 is 0 Å². The third kappa shape index (κ3) is 1.93. The second-order valence-electron chi connectivity index (χ2n) is 2.62. The fourth-order valence-corrected chi connectivity index (χ4v) is 1.66. The maximum atomic E-state index is 9.03.